The summed E-state index contributed by atoms with van der Waals surface area (Å²) in [6, 6.07) is 2.09. The van der Waals surface area contributed by atoms with Crippen LogP contribution in [0.25, 0.3) is 10.6 Å². The van der Waals surface area contributed by atoms with Crippen LogP contribution in [0.3, 0.4) is 0 Å². The number of amides is 1. The number of nitrogens with two attached hydrogens (primary N) is 1. The first kappa shape index (κ1) is 12.8. The number of thiophene rings is 1. The molecule has 1 unspecified atom stereocenters. The van der Waals surface area contributed by atoms with Gasteiger partial charge >= 0.3 is 0 Å². The molecule has 3 rings (SSSR count). The molecule has 0 spiro atoms. The third-order valence-corrected chi connectivity index (χ3v) is 5.00. The number of nitrogens with zero attached hydrogens (tertiary/aromatic N) is 2. The molecular weight excluding hydrogens is 278 g/mol. The second-order valence-corrected chi connectivity index (χ2v) is 6.42. The Morgan fingerprint density at radius 1 is 1.53 bits per heavy atom. The highest BCUT2D eigenvalue weighted by Gasteiger charge is 2.26. The molecule has 0 radical (unpaired) electrons. The number of primary amides is 1. The molecule has 2 aromatic heterocycles. The van der Waals surface area contributed by atoms with Gasteiger partial charge in [0.05, 0.1) is 11.6 Å². The number of hydrogen-bond donors (Lipinski definition) is 1. The van der Waals surface area contributed by atoms with Crippen molar-refractivity contribution < 1.29 is 4.79 Å². The fraction of sp³-hybridized carbons (Fsp3) is 0.385. The van der Waals surface area contributed by atoms with Gasteiger partial charge in [0.1, 0.15) is 5.01 Å². The minimum absolute atomic E-state index is 0.00924. The van der Waals surface area contributed by atoms with E-state index in [9.17, 15) is 4.79 Å². The van der Waals surface area contributed by atoms with Gasteiger partial charge in [-0.15, -0.1) is 11.3 Å². The summed E-state index contributed by atoms with van der Waals surface area (Å²) < 4.78 is 0. The molecule has 0 bridgehead atoms. The number of carbonyl (C=O) groups is 1. The Morgan fingerprint density at radius 3 is 3.11 bits per heavy atom. The quantitative estimate of drug-likeness (QED) is 0.940. The third kappa shape index (κ3) is 2.86. The summed E-state index contributed by atoms with van der Waals surface area (Å²) in [7, 11) is 0. The zero-order chi connectivity index (χ0) is 13.2. The monoisotopic (exact) mass is 293 g/mol. The van der Waals surface area contributed by atoms with E-state index in [1.54, 1.807) is 22.7 Å². The average Bonchev–Trinajstić information content (AvgIpc) is 3.09. The number of carbonyl (C=O) groups excluding carboxylic acids is 1. The Bertz CT molecular complexity index is 564. The first-order chi connectivity index (χ1) is 9.22. The lowest BCUT2D eigenvalue weighted by molar-refractivity contribution is -0.121. The lowest BCUT2D eigenvalue weighted by atomic mass is 10.1. The van der Waals surface area contributed by atoms with Crippen LogP contribution in [-0.4, -0.2) is 28.9 Å². The molecule has 1 atom stereocenters. The highest BCUT2D eigenvalue weighted by Crippen LogP contribution is 2.27. The predicted octanol–water partition coefficient (Wildman–Crippen LogP) is 2.18. The summed E-state index contributed by atoms with van der Waals surface area (Å²) in [6.45, 7) is 2.50. The molecule has 100 valence electrons. The smallest absolute Gasteiger partial charge is 0.221 e. The van der Waals surface area contributed by atoms with Gasteiger partial charge < -0.3 is 5.73 Å². The van der Waals surface area contributed by atoms with Gasteiger partial charge in [0, 0.05) is 29.4 Å². The number of thiazole rings is 1. The maximum Gasteiger partial charge on any atom is 0.221 e. The summed E-state index contributed by atoms with van der Waals surface area (Å²) in [4.78, 5) is 18.0. The minimum Gasteiger partial charge on any atom is -0.369 e. The molecule has 3 heterocycles. The standard InChI is InChI=1S/C13H15N3OS2/c14-12(17)9-1-3-16(5-9)6-11-8-19-13(15-11)10-2-4-18-7-10/h2,4,7-9H,1,3,5-6H2,(H2,14,17). The van der Waals surface area contributed by atoms with Crippen molar-refractivity contribution in [1.29, 1.82) is 0 Å². The highest BCUT2D eigenvalue weighted by molar-refractivity contribution is 7.14. The largest absolute Gasteiger partial charge is 0.369 e. The van der Waals surface area contributed by atoms with Crippen LogP contribution in [0.2, 0.25) is 0 Å². The van der Waals surface area contributed by atoms with E-state index in [0.29, 0.717) is 0 Å². The molecule has 0 aliphatic carbocycles. The van der Waals surface area contributed by atoms with Crippen LogP contribution in [0.15, 0.2) is 22.2 Å². The van der Waals surface area contributed by atoms with Crippen LogP contribution in [-0.2, 0) is 11.3 Å². The van der Waals surface area contributed by atoms with Gasteiger partial charge in [-0.25, -0.2) is 4.98 Å². The molecule has 1 aliphatic rings. The molecule has 1 fully saturated rings. The first-order valence-corrected chi connectivity index (χ1v) is 8.03. The molecule has 4 nitrogen and oxygen atoms in total. The van der Waals surface area contributed by atoms with E-state index in [-0.39, 0.29) is 11.8 Å². The highest BCUT2D eigenvalue weighted by atomic mass is 32.1. The van der Waals surface area contributed by atoms with Crippen molar-refractivity contribution in [3.63, 3.8) is 0 Å². The zero-order valence-electron chi connectivity index (χ0n) is 10.4. The van der Waals surface area contributed by atoms with Crippen LogP contribution >= 0.6 is 22.7 Å². The molecule has 1 saturated heterocycles. The van der Waals surface area contributed by atoms with E-state index in [4.69, 9.17) is 5.73 Å². The van der Waals surface area contributed by atoms with Crippen molar-refractivity contribution in [3.05, 3.63) is 27.9 Å². The van der Waals surface area contributed by atoms with Crippen LogP contribution in [0.5, 0.6) is 0 Å². The van der Waals surface area contributed by atoms with Gasteiger partial charge in [-0.05, 0) is 24.4 Å². The number of hydrogen-bond acceptors (Lipinski definition) is 5. The van der Waals surface area contributed by atoms with E-state index < -0.39 is 0 Å². The van der Waals surface area contributed by atoms with Crippen LogP contribution < -0.4 is 5.73 Å². The van der Waals surface area contributed by atoms with E-state index in [0.717, 1.165) is 36.8 Å². The predicted molar refractivity (Wildman–Crippen MR) is 78.0 cm³/mol. The summed E-state index contributed by atoms with van der Waals surface area (Å²) in [6.07, 6.45) is 0.872. The summed E-state index contributed by atoms with van der Waals surface area (Å²) in [5.41, 5.74) is 7.62. The molecule has 0 saturated carbocycles. The van der Waals surface area contributed by atoms with Gasteiger partial charge in [-0.2, -0.15) is 11.3 Å². The van der Waals surface area contributed by atoms with Crippen molar-refractivity contribution in [1.82, 2.24) is 9.88 Å². The fourth-order valence-electron chi connectivity index (χ4n) is 2.34. The number of aromatic nitrogens is 1. The van der Waals surface area contributed by atoms with Gasteiger partial charge in [0.25, 0.3) is 0 Å². The average molecular weight is 293 g/mol. The van der Waals surface area contributed by atoms with E-state index in [2.05, 4.69) is 32.1 Å². The zero-order valence-corrected chi connectivity index (χ0v) is 12.0. The van der Waals surface area contributed by atoms with Crippen LogP contribution in [0.1, 0.15) is 12.1 Å². The maximum atomic E-state index is 11.1. The molecular formula is C13H15N3OS2. The first-order valence-electron chi connectivity index (χ1n) is 6.21. The number of rotatable bonds is 4. The van der Waals surface area contributed by atoms with Gasteiger partial charge in [0.15, 0.2) is 0 Å². The second-order valence-electron chi connectivity index (χ2n) is 4.78. The fourth-order valence-corrected chi connectivity index (χ4v) is 3.86. The summed E-state index contributed by atoms with van der Waals surface area (Å²) in [5, 5.41) is 7.35. The molecule has 1 amide bonds. The molecule has 2 aromatic rings. The van der Waals surface area contributed by atoms with Gasteiger partial charge in [-0.3, -0.25) is 9.69 Å². The molecule has 1 aliphatic heterocycles. The Hall–Kier alpha value is -1.24. The topological polar surface area (TPSA) is 59.2 Å². The summed E-state index contributed by atoms with van der Waals surface area (Å²) >= 11 is 3.36. The molecule has 2 N–H and O–H groups in total. The summed E-state index contributed by atoms with van der Waals surface area (Å²) in [5.74, 6) is -0.172. The lowest BCUT2D eigenvalue weighted by Gasteiger charge is -2.13. The van der Waals surface area contributed by atoms with Gasteiger partial charge in [-0.1, -0.05) is 0 Å². The normalized spacial score (nSPS) is 19.9. The van der Waals surface area contributed by atoms with E-state index in [1.165, 1.54) is 5.56 Å². The van der Waals surface area contributed by atoms with Crippen molar-refractivity contribution in [3.8, 4) is 10.6 Å². The second kappa shape index (κ2) is 5.40. The Balaban J connectivity index is 1.64. The number of likely N-dealkylation sites (tertiary alicyclic amines) is 1. The molecule has 6 heteroatoms. The Morgan fingerprint density at radius 2 is 2.42 bits per heavy atom. The van der Waals surface area contributed by atoms with Crippen LogP contribution in [0.4, 0.5) is 0 Å². The van der Waals surface area contributed by atoms with Crippen molar-refractivity contribution in [2.75, 3.05) is 13.1 Å². The Labute approximate surface area is 119 Å². The SMILES string of the molecule is NC(=O)C1CCN(Cc2csc(-c3ccsc3)n2)C1. The van der Waals surface area contributed by atoms with E-state index >= 15 is 0 Å². The van der Waals surface area contributed by atoms with Crippen molar-refractivity contribution in [2.24, 2.45) is 11.7 Å². The molecule has 0 aromatic carbocycles. The Kier molecular flexibility index (Phi) is 3.63. The third-order valence-electron chi connectivity index (χ3n) is 3.38. The molecule has 19 heavy (non-hydrogen) atoms. The maximum absolute atomic E-state index is 11.1. The van der Waals surface area contributed by atoms with Crippen LogP contribution in [0, 0.1) is 5.92 Å². The van der Waals surface area contributed by atoms with Crippen molar-refractivity contribution >= 4 is 28.6 Å². The minimum atomic E-state index is -0.181. The van der Waals surface area contributed by atoms with Crippen molar-refractivity contribution in [2.45, 2.75) is 13.0 Å². The van der Waals surface area contributed by atoms with Gasteiger partial charge in [0.2, 0.25) is 5.91 Å². The lowest BCUT2D eigenvalue weighted by Crippen LogP contribution is -2.27. The van der Waals surface area contributed by atoms with E-state index in [1.807, 2.05) is 0 Å².